The molecule has 3 rings (SSSR count). The Kier molecular flexibility index (Phi) is 3.87. The number of aromatic nitrogens is 4. The van der Waals surface area contributed by atoms with Crippen molar-refractivity contribution >= 4 is 11.8 Å². The van der Waals surface area contributed by atoms with Crippen LogP contribution in [0.5, 0.6) is 5.75 Å². The lowest BCUT2D eigenvalue weighted by atomic mass is 10.2. The summed E-state index contributed by atoms with van der Waals surface area (Å²) in [6.45, 7) is 1.74. The molecule has 21 heavy (non-hydrogen) atoms. The van der Waals surface area contributed by atoms with Gasteiger partial charge in [-0.3, -0.25) is 0 Å². The van der Waals surface area contributed by atoms with Gasteiger partial charge in [-0.05, 0) is 12.1 Å². The van der Waals surface area contributed by atoms with Crippen LogP contribution in [0.4, 0.5) is 0 Å². The molecule has 0 bridgehead atoms. The molecule has 0 N–H and O–H groups in total. The first-order valence-corrected chi connectivity index (χ1v) is 7.13. The van der Waals surface area contributed by atoms with E-state index in [9.17, 15) is 0 Å². The average molecular weight is 304 g/mol. The highest BCUT2D eigenvalue weighted by Crippen LogP contribution is 2.29. The molecule has 0 amide bonds. The fourth-order valence-corrected chi connectivity index (χ4v) is 2.34. The predicted octanol–water partition coefficient (Wildman–Crippen LogP) is 2.73. The quantitative estimate of drug-likeness (QED) is 0.665. The smallest absolute Gasteiger partial charge is 0.277 e. The van der Waals surface area contributed by atoms with E-state index in [4.69, 9.17) is 13.6 Å². The average Bonchev–Trinajstić information content (AvgIpc) is 3.14. The molecule has 0 aliphatic heterocycles. The molecule has 1 aromatic carbocycles. The Morgan fingerprint density at radius 3 is 2.71 bits per heavy atom. The van der Waals surface area contributed by atoms with Gasteiger partial charge in [0.15, 0.2) is 0 Å². The molecule has 0 fully saturated rings. The van der Waals surface area contributed by atoms with Gasteiger partial charge in [0.1, 0.15) is 5.75 Å². The van der Waals surface area contributed by atoms with Crippen LogP contribution < -0.4 is 4.74 Å². The SMILES string of the molecule is COc1ccccc1-c1nnc(CSc2nnc(C)o2)o1. The molecule has 0 aliphatic carbocycles. The van der Waals surface area contributed by atoms with E-state index in [1.807, 2.05) is 24.3 Å². The number of benzene rings is 1. The van der Waals surface area contributed by atoms with E-state index in [-0.39, 0.29) is 0 Å². The molecule has 108 valence electrons. The van der Waals surface area contributed by atoms with E-state index >= 15 is 0 Å². The number of hydrogen-bond acceptors (Lipinski definition) is 8. The molecule has 2 aromatic heterocycles. The Balaban J connectivity index is 1.74. The van der Waals surface area contributed by atoms with E-state index < -0.39 is 0 Å². The molecule has 0 saturated carbocycles. The van der Waals surface area contributed by atoms with Crippen molar-refractivity contribution in [2.24, 2.45) is 0 Å². The highest BCUT2D eigenvalue weighted by molar-refractivity contribution is 7.98. The number of thioether (sulfide) groups is 1. The van der Waals surface area contributed by atoms with Crippen LogP contribution in [0.3, 0.4) is 0 Å². The van der Waals surface area contributed by atoms with E-state index in [1.54, 1.807) is 14.0 Å². The minimum Gasteiger partial charge on any atom is -0.496 e. The number of para-hydroxylation sites is 1. The van der Waals surface area contributed by atoms with E-state index in [2.05, 4.69) is 20.4 Å². The zero-order chi connectivity index (χ0) is 14.7. The summed E-state index contributed by atoms with van der Waals surface area (Å²) >= 11 is 1.35. The molecule has 0 radical (unpaired) electrons. The highest BCUT2D eigenvalue weighted by Gasteiger charge is 2.14. The van der Waals surface area contributed by atoms with Gasteiger partial charge in [0.2, 0.25) is 11.8 Å². The van der Waals surface area contributed by atoms with Crippen LogP contribution in [-0.4, -0.2) is 27.5 Å². The van der Waals surface area contributed by atoms with Crippen LogP contribution in [-0.2, 0) is 5.75 Å². The summed E-state index contributed by atoms with van der Waals surface area (Å²) in [6, 6.07) is 7.48. The van der Waals surface area contributed by atoms with Crippen molar-refractivity contribution in [3.63, 3.8) is 0 Å². The van der Waals surface area contributed by atoms with Crippen molar-refractivity contribution in [1.82, 2.24) is 20.4 Å². The first kappa shape index (κ1) is 13.6. The van der Waals surface area contributed by atoms with Gasteiger partial charge in [-0.2, -0.15) is 0 Å². The molecule has 0 spiro atoms. The summed E-state index contributed by atoms with van der Waals surface area (Å²) in [5.74, 6) is 2.58. The minimum absolute atomic E-state index is 0.421. The predicted molar refractivity (Wildman–Crippen MR) is 74.9 cm³/mol. The van der Waals surface area contributed by atoms with Crippen LogP contribution in [0.1, 0.15) is 11.8 Å². The van der Waals surface area contributed by atoms with Gasteiger partial charge in [0, 0.05) is 6.92 Å². The van der Waals surface area contributed by atoms with Gasteiger partial charge < -0.3 is 13.6 Å². The fourth-order valence-electron chi connectivity index (χ4n) is 1.70. The van der Waals surface area contributed by atoms with Gasteiger partial charge in [-0.1, -0.05) is 23.9 Å². The monoisotopic (exact) mass is 304 g/mol. The third-order valence-corrected chi connectivity index (χ3v) is 3.43. The lowest BCUT2D eigenvalue weighted by molar-refractivity contribution is 0.413. The number of ether oxygens (including phenoxy) is 1. The van der Waals surface area contributed by atoms with Crippen molar-refractivity contribution in [1.29, 1.82) is 0 Å². The Hall–Kier alpha value is -2.35. The molecule has 0 saturated heterocycles. The standard InChI is InChI=1S/C13H12N4O3S/c1-8-14-17-13(19-8)21-7-11-15-16-12(20-11)9-5-3-4-6-10(9)18-2/h3-6H,7H2,1-2H3. The molecule has 7 nitrogen and oxygen atoms in total. The number of nitrogens with zero attached hydrogens (tertiary/aromatic N) is 4. The van der Waals surface area contributed by atoms with Crippen molar-refractivity contribution in [3.05, 3.63) is 36.0 Å². The summed E-state index contributed by atoms with van der Waals surface area (Å²) in [7, 11) is 1.60. The van der Waals surface area contributed by atoms with Gasteiger partial charge in [0.05, 0.1) is 18.4 Å². The van der Waals surface area contributed by atoms with Crippen LogP contribution in [0.25, 0.3) is 11.5 Å². The second kappa shape index (κ2) is 5.96. The molecule has 0 unspecified atom stereocenters. The minimum atomic E-state index is 0.421. The van der Waals surface area contributed by atoms with Crippen molar-refractivity contribution < 1.29 is 13.6 Å². The number of methoxy groups -OCH3 is 1. The van der Waals surface area contributed by atoms with E-state index in [0.29, 0.717) is 34.4 Å². The lowest BCUT2D eigenvalue weighted by Gasteiger charge is -2.03. The molecule has 2 heterocycles. The summed E-state index contributed by atoms with van der Waals surface area (Å²) in [5, 5.41) is 16.2. The van der Waals surface area contributed by atoms with Crippen LogP contribution >= 0.6 is 11.8 Å². The zero-order valence-corrected chi connectivity index (χ0v) is 12.3. The maximum absolute atomic E-state index is 5.63. The largest absolute Gasteiger partial charge is 0.496 e. The first-order chi connectivity index (χ1) is 10.3. The highest BCUT2D eigenvalue weighted by atomic mass is 32.2. The topological polar surface area (TPSA) is 87.1 Å². The second-order valence-electron chi connectivity index (χ2n) is 4.08. The Morgan fingerprint density at radius 2 is 1.95 bits per heavy atom. The maximum Gasteiger partial charge on any atom is 0.277 e. The number of rotatable bonds is 5. The molecular formula is C13H12N4O3S. The van der Waals surface area contributed by atoms with Gasteiger partial charge in [-0.15, -0.1) is 20.4 Å². The van der Waals surface area contributed by atoms with Gasteiger partial charge in [-0.25, -0.2) is 0 Å². The van der Waals surface area contributed by atoms with Crippen LogP contribution in [0, 0.1) is 6.92 Å². The second-order valence-corrected chi connectivity index (χ2v) is 5.00. The Labute approximate surface area is 124 Å². The van der Waals surface area contributed by atoms with Gasteiger partial charge >= 0.3 is 0 Å². The number of aryl methyl sites for hydroxylation is 1. The summed E-state index contributed by atoms with van der Waals surface area (Å²) in [4.78, 5) is 0. The molecule has 0 atom stereocenters. The summed E-state index contributed by atoms with van der Waals surface area (Å²) in [5.41, 5.74) is 0.761. The fraction of sp³-hybridized carbons (Fsp3) is 0.231. The van der Waals surface area contributed by atoms with E-state index in [1.165, 1.54) is 11.8 Å². The summed E-state index contributed by atoms with van der Waals surface area (Å²) < 4.78 is 16.2. The summed E-state index contributed by atoms with van der Waals surface area (Å²) in [6.07, 6.45) is 0. The number of hydrogen-bond donors (Lipinski definition) is 0. The maximum atomic E-state index is 5.63. The van der Waals surface area contributed by atoms with Crippen molar-refractivity contribution in [3.8, 4) is 17.2 Å². The third-order valence-electron chi connectivity index (χ3n) is 2.63. The Bertz CT molecular complexity index is 740. The molecule has 0 aliphatic rings. The zero-order valence-electron chi connectivity index (χ0n) is 11.4. The third kappa shape index (κ3) is 3.05. The molecule has 3 aromatic rings. The molecule has 8 heteroatoms. The lowest BCUT2D eigenvalue weighted by Crippen LogP contribution is -1.87. The molecular weight excluding hydrogens is 292 g/mol. The van der Waals surface area contributed by atoms with Crippen LogP contribution in [0.15, 0.2) is 38.3 Å². The van der Waals surface area contributed by atoms with Gasteiger partial charge in [0.25, 0.3) is 11.1 Å². The van der Waals surface area contributed by atoms with Crippen molar-refractivity contribution in [2.75, 3.05) is 7.11 Å². The Morgan fingerprint density at radius 1 is 1.10 bits per heavy atom. The van der Waals surface area contributed by atoms with E-state index in [0.717, 1.165) is 5.56 Å². The van der Waals surface area contributed by atoms with Crippen molar-refractivity contribution in [2.45, 2.75) is 17.9 Å². The first-order valence-electron chi connectivity index (χ1n) is 6.15. The normalized spacial score (nSPS) is 10.8. The van der Waals surface area contributed by atoms with Crippen LogP contribution in [0.2, 0.25) is 0 Å².